The Morgan fingerprint density at radius 2 is 1.97 bits per heavy atom. The Kier molecular flexibility index (Phi) is 6.28. The molecule has 0 spiro atoms. The van der Waals surface area contributed by atoms with Crippen LogP contribution in [0.15, 0.2) is 24.3 Å². The minimum absolute atomic E-state index is 0.168. The van der Waals surface area contributed by atoms with E-state index < -0.39 is 6.10 Å². The summed E-state index contributed by atoms with van der Waals surface area (Å²) in [4.78, 5) is 9.81. The normalized spacial score (nSPS) is 29.4. The molecule has 32 heavy (non-hydrogen) atoms. The molecule has 6 nitrogen and oxygen atoms in total. The number of pyridine rings is 1. The van der Waals surface area contributed by atoms with Gasteiger partial charge in [-0.05, 0) is 79.8 Å². The van der Waals surface area contributed by atoms with E-state index in [0.29, 0.717) is 5.92 Å². The first-order valence-corrected chi connectivity index (χ1v) is 12.4. The molecule has 0 saturated carbocycles. The van der Waals surface area contributed by atoms with E-state index in [4.69, 9.17) is 9.72 Å². The number of fused-ring (bicyclic) bond motifs is 4. The number of rotatable bonds is 6. The van der Waals surface area contributed by atoms with Crippen LogP contribution in [-0.2, 0) is 0 Å². The second-order valence-corrected chi connectivity index (χ2v) is 10.0. The van der Waals surface area contributed by atoms with Gasteiger partial charge in [0.15, 0.2) is 0 Å². The predicted octanol–water partition coefficient (Wildman–Crippen LogP) is 3.61. The highest BCUT2D eigenvalue weighted by atomic mass is 16.5. The summed E-state index contributed by atoms with van der Waals surface area (Å²) in [6.45, 7) is 6.55. The fraction of sp³-hybridized carbons (Fsp3) is 0.654. The lowest BCUT2D eigenvalue weighted by Crippen LogP contribution is -2.55. The highest BCUT2D eigenvalue weighted by Crippen LogP contribution is 2.43. The van der Waals surface area contributed by atoms with Gasteiger partial charge in [0, 0.05) is 37.7 Å². The Labute approximate surface area is 191 Å². The van der Waals surface area contributed by atoms with Crippen LogP contribution in [0.3, 0.4) is 0 Å². The lowest BCUT2D eigenvalue weighted by atomic mass is 9.72. The number of nitrogens with zero attached hydrogens (tertiary/aromatic N) is 3. The molecule has 2 aromatic rings. The number of aliphatic hydroxyl groups excluding tert-OH is 2. The largest absolute Gasteiger partial charge is 0.497 e. The molecule has 4 saturated heterocycles. The zero-order chi connectivity index (χ0) is 22.2. The van der Waals surface area contributed by atoms with Crippen molar-refractivity contribution in [2.75, 3.05) is 44.8 Å². The SMILES string of the molecule is CC[C@H]1CN2CC[C@@H]1C[C@H]2[C@H](O)c1cc(N2CCC(CO)CC2)nc2ccc(OC)cc12. The van der Waals surface area contributed by atoms with Crippen molar-refractivity contribution in [1.29, 1.82) is 0 Å². The van der Waals surface area contributed by atoms with Crippen LogP contribution in [0, 0.1) is 17.8 Å². The van der Waals surface area contributed by atoms with Crippen molar-refractivity contribution in [3.8, 4) is 5.75 Å². The molecule has 6 heteroatoms. The highest BCUT2D eigenvalue weighted by molar-refractivity contribution is 5.86. The van der Waals surface area contributed by atoms with Gasteiger partial charge >= 0.3 is 0 Å². The molecule has 0 amide bonds. The smallest absolute Gasteiger partial charge is 0.129 e. The van der Waals surface area contributed by atoms with Gasteiger partial charge in [0.25, 0.3) is 0 Å². The fourth-order valence-electron chi connectivity index (χ4n) is 6.27. The third kappa shape index (κ3) is 3.97. The molecular formula is C26H37N3O3. The zero-order valence-electron chi connectivity index (χ0n) is 19.4. The number of ether oxygens (including phenoxy) is 1. The first-order chi connectivity index (χ1) is 15.6. The standard InChI is InChI=1S/C26H37N3O3/c1-3-18-15-29-11-8-19(18)12-24(29)26(31)22-14-25(28-9-6-17(16-30)7-10-28)27-23-5-4-20(32-2)13-21(22)23/h4-5,13-14,17-19,24,26,30-31H,3,6-12,15-16H2,1-2H3/t18-,19+,24-,26+/m0/s1. The molecule has 5 heterocycles. The van der Waals surface area contributed by atoms with Crippen molar-refractivity contribution in [1.82, 2.24) is 9.88 Å². The summed E-state index contributed by atoms with van der Waals surface area (Å²) in [5.74, 6) is 3.61. The van der Waals surface area contributed by atoms with E-state index in [0.717, 1.165) is 85.3 Å². The average Bonchev–Trinajstić information content (AvgIpc) is 2.87. The Morgan fingerprint density at radius 3 is 2.62 bits per heavy atom. The molecule has 6 rings (SSSR count). The maximum absolute atomic E-state index is 11.7. The van der Waals surface area contributed by atoms with Crippen molar-refractivity contribution >= 4 is 16.7 Å². The maximum atomic E-state index is 11.7. The molecule has 2 bridgehead atoms. The number of hydrogen-bond donors (Lipinski definition) is 2. The van der Waals surface area contributed by atoms with Crippen LogP contribution in [-0.4, -0.2) is 66.0 Å². The van der Waals surface area contributed by atoms with Gasteiger partial charge < -0.3 is 19.8 Å². The molecule has 2 N–H and O–H groups in total. The van der Waals surface area contributed by atoms with Crippen LogP contribution in [0.2, 0.25) is 0 Å². The van der Waals surface area contributed by atoms with Crippen LogP contribution in [0.1, 0.15) is 50.7 Å². The van der Waals surface area contributed by atoms with E-state index in [1.807, 2.05) is 18.2 Å². The van der Waals surface area contributed by atoms with Crippen LogP contribution in [0.25, 0.3) is 10.9 Å². The summed E-state index contributed by atoms with van der Waals surface area (Å²) in [6, 6.07) is 8.27. The third-order valence-electron chi connectivity index (χ3n) is 8.37. The lowest BCUT2D eigenvalue weighted by Gasteiger charge is -2.51. The van der Waals surface area contributed by atoms with Gasteiger partial charge in [-0.1, -0.05) is 13.3 Å². The predicted molar refractivity (Wildman–Crippen MR) is 127 cm³/mol. The van der Waals surface area contributed by atoms with Crippen molar-refractivity contribution < 1.29 is 14.9 Å². The zero-order valence-corrected chi connectivity index (χ0v) is 19.4. The topological polar surface area (TPSA) is 69.1 Å². The fourth-order valence-corrected chi connectivity index (χ4v) is 6.27. The van der Waals surface area contributed by atoms with Crippen LogP contribution < -0.4 is 9.64 Å². The van der Waals surface area contributed by atoms with Crippen LogP contribution in [0.5, 0.6) is 5.75 Å². The number of aromatic nitrogens is 1. The summed E-state index contributed by atoms with van der Waals surface area (Å²) in [7, 11) is 1.68. The van der Waals surface area contributed by atoms with Crippen molar-refractivity contribution in [3.63, 3.8) is 0 Å². The van der Waals surface area contributed by atoms with Crippen LogP contribution >= 0.6 is 0 Å². The Bertz CT molecular complexity index is 943. The van der Waals surface area contributed by atoms with Crippen molar-refractivity contribution in [2.24, 2.45) is 17.8 Å². The van der Waals surface area contributed by atoms with E-state index in [1.54, 1.807) is 7.11 Å². The van der Waals surface area contributed by atoms with Crippen molar-refractivity contribution in [2.45, 2.75) is 51.2 Å². The number of hydrogen-bond acceptors (Lipinski definition) is 6. The summed E-state index contributed by atoms with van der Waals surface area (Å²) in [5.41, 5.74) is 1.88. The van der Waals surface area contributed by atoms with E-state index in [1.165, 1.54) is 12.8 Å². The molecule has 5 atom stereocenters. The molecule has 4 aliphatic heterocycles. The number of piperidine rings is 4. The van der Waals surface area contributed by atoms with Crippen LogP contribution in [0.4, 0.5) is 5.82 Å². The minimum Gasteiger partial charge on any atom is -0.497 e. The number of methoxy groups -OCH3 is 1. The molecule has 1 aromatic heterocycles. The van der Waals surface area contributed by atoms with E-state index >= 15 is 0 Å². The summed E-state index contributed by atoms with van der Waals surface area (Å²) >= 11 is 0. The molecule has 1 unspecified atom stereocenters. The van der Waals surface area contributed by atoms with Crippen molar-refractivity contribution in [3.05, 3.63) is 29.8 Å². The van der Waals surface area contributed by atoms with Gasteiger partial charge in [0.05, 0.1) is 18.7 Å². The van der Waals surface area contributed by atoms with Gasteiger partial charge in [-0.2, -0.15) is 0 Å². The first-order valence-electron chi connectivity index (χ1n) is 12.4. The second-order valence-electron chi connectivity index (χ2n) is 10.0. The van der Waals surface area contributed by atoms with E-state index in [9.17, 15) is 10.2 Å². The number of benzene rings is 1. The maximum Gasteiger partial charge on any atom is 0.129 e. The Balaban J connectivity index is 1.50. The minimum atomic E-state index is -0.540. The number of anilines is 1. The summed E-state index contributed by atoms with van der Waals surface area (Å²) in [6.07, 6.45) is 4.98. The molecule has 4 aliphatic rings. The number of aliphatic hydroxyl groups is 2. The summed E-state index contributed by atoms with van der Waals surface area (Å²) < 4.78 is 5.50. The summed E-state index contributed by atoms with van der Waals surface area (Å²) in [5, 5.41) is 22.2. The molecular weight excluding hydrogens is 402 g/mol. The van der Waals surface area contributed by atoms with Gasteiger partial charge in [-0.3, -0.25) is 4.90 Å². The molecule has 4 fully saturated rings. The molecule has 1 aromatic carbocycles. The van der Waals surface area contributed by atoms with Gasteiger partial charge in [-0.15, -0.1) is 0 Å². The highest BCUT2D eigenvalue weighted by Gasteiger charge is 2.42. The molecule has 0 radical (unpaired) electrons. The van der Waals surface area contributed by atoms with E-state index in [2.05, 4.69) is 22.8 Å². The Morgan fingerprint density at radius 1 is 1.16 bits per heavy atom. The average molecular weight is 440 g/mol. The molecule has 174 valence electrons. The second kappa shape index (κ2) is 9.16. The van der Waals surface area contributed by atoms with E-state index in [-0.39, 0.29) is 12.6 Å². The Hall–Kier alpha value is -1.89. The third-order valence-corrected chi connectivity index (χ3v) is 8.37. The lowest BCUT2D eigenvalue weighted by molar-refractivity contribution is -0.0562. The van der Waals surface area contributed by atoms with Gasteiger partial charge in [0.2, 0.25) is 0 Å². The first kappa shape index (κ1) is 21.9. The quantitative estimate of drug-likeness (QED) is 0.717. The van der Waals surface area contributed by atoms with Gasteiger partial charge in [0.1, 0.15) is 11.6 Å². The monoisotopic (exact) mass is 439 g/mol. The van der Waals surface area contributed by atoms with Gasteiger partial charge in [-0.25, -0.2) is 4.98 Å². The molecule has 0 aliphatic carbocycles.